The minimum atomic E-state index is -3.87. The first-order chi connectivity index (χ1) is 12.8. The Hall–Kier alpha value is -1.85. The number of hydrogen-bond donors (Lipinski definition) is 1. The third-order valence-corrected chi connectivity index (χ3v) is 5.50. The minimum Gasteiger partial charge on any atom is -0.494 e. The maximum atomic E-state index is 10.7. The minimum absolute atomic E-state index is 0.214. The van der Waals surface area contributed by atoms with Crippen molar-refractivity contribution < 1.29 is 17.7 Å². The number of ether oxygens (including phenoxy) is 1. The Bertz CT molecular complexity index is 770. The Balaban J connectivity index is 1.75. The molecule has 148 valence electrons. The van der Waals surface area contributed by atoms with Crippen LogP contribution in [-0.4, -0.2) is 25.3 Å². The van der Waals surface area contributed by atoms with Crippen LogP contribution in [0.3, 0.4) is 0 Å². The Morgan fingerprint density at radius 3 is 2.26 bits per heavy atom. The zero-order valence-electron chi connectivity index (χ0n) is 16.2. The highest BCUT2D eigenvalue weighted by Crippen LogP contribution is 2.27. The van der Waals surface area contributed by atoms with Crippen molar-refractivity contribution in [2.75, 3.05) is 12.4 Å². The maximum absolute atomic E-state index is 10.7. The fraction of sp³-hybridized carbons (Fsp3) is 0.455. The van der Waals surface area contributed by atoms with Gasteiger partial charge in [-0.25, -0.2) is 0 Å². The molecule has 2 aromatic rings. The number of benzene rings is 2. The van der Waals surface area contributed by atoms with Gasteiger partial charge in [0.2, 0.25) is 0 Å². The number of unbranched alkanes of at least 4 members (excludes halogenated alkanes) is 1. The summed E-state index contributed by atoms with van der Waals surface area (Å²) in [6.07, 6.45) is 3.21. The van der Waals surface area contributed by atoms with Crippen molar-refractivity contribution in [2.45, 2.75) is 45.4 Å². The van der Waals surface area contributed by atoms with Gasteiger partial charge in [0.05, 0.1) is 12.4 Å². The molecule has 5 heteroatoms. The third kappa shape index (κ3) is 8.59. The van der Waals surface area contributed by atoms with E-state index in [1.54, 1.807) is 0 Å². The molecule has 0 amide bonds. The zero-order chi connectivity index (χ0) is 19.7. The van der Waals surface area contributed by atoms with Gasteiger partial charge in [-0.1, -0.05) is 56.3 Å². The maximum Gasteiger partial charge on any atom is 0.264 e. The molecule has 0 saturated carbocycles. The number of hydrogen-bond acceptors (Lipinski definition) is 3. The van der Waals surface area contributed by atoms with Gasteiger partial charge in [0.1, 0.15) is 5.75 Å². The van der Waals surface area contributed by atoms with E-state index >= 15 is 0 Å². The lowest BCUT2D eigenvalue weighted by atomic mass is 9.88. The highest BCUT2D eigenvalue weighted by atomic mass is 32.2. The summed E-state index contributed by atoms with van der Waals surface area (Å²) in [5.41, 5.74) is 2.68. The summed E-state index contributed by atoms with van der Waals surface area (Å²) in [5.74, 6) is 1.66. The van der Waals surface area contributed by atoms with Crippen LogP contribution in [0.1, 0.15) is 50.2 Å². The van der Waals surface area contributed by atoms with Crippen LogP contribution in [0, 0.1) is 5.92 Å². The van der Waals surface area contributed by atoms with Crippen molar-refractivity contribution in [3.05, 3.63) is 65.7 Å². The van der Waals surface area contributed by atoms with Crippen molar-refractivity contribution in [2.24, 2.45) is 5.92 Å². The molecule has 4 nitrogen and oxygen atoms in total. The van der Waals surface area contributed by atoms with Gasteiger partial charge in [-0.2, -0.15) is 8.42 Å². The predicted octanol–water partition coefficient (Wildman–Crippen LogP) is 5.11. The smallest absolute Gasteiger partial charge is 0.264 e. The Morgan fingerprint density at radius 1 is 0.963 bits per heavy atom. The van der Waals surface area contributed by atoms with Gasteiger partial charge in [-0.3, -0.25) is 4.55 Å². The van der Waals surface area contributed by atoms with Gasteiger partial charge in [-0.05, 0) is 60.8 Å². The van der Waals surface area contributed by atoms with E-state index in [0.29, 0.717) is 31.3 Å². The molecule has 0 aromatic heterocycles. The normalized spacial score (nSPS) is 13.9. The summed E-state index contributed by atoms with van der Waals surface area (Å²) in [7, 11) is -3.87. The fourth-order valence-corrected chi connectivity index (χ4v) is 3.88. The van der Waals surface area contributed by atoms with Crippen LogP contribution in [0.25, 0.3) is 0 Å². The standard InChI is InChI=1S/C22H30O4S/c1-18(17-20-8-4-3-5-9-20)16-19(2)21-10-12-22(13-11-21)26-14-6-7-15-27(23,24)25/h3-5,8-13,18-19H,6-7,14-17H2,1-2H3,(H,23,24,25). The molecular weight excluding hydrogens is 360 g/mol. The van der Waals surface area contributed by atoms with E-state index in [-0.39, 0.29) is 5.75 Å². The molecule has 2 aromatic carbocycles. The predicted molar refractivity (Wildman–Crippen MR) is 110 cm³/mol. The average molecular weight is 391 g/mol. The van der Waals surface area contributed by atoms with Crippen LogP contribution in [0.5, 0.6) is 5.75 Å². The topological polar surface area (TPSA) is 63.6 Å². The van der Waals surface area contributed by atoms with E-state index in [4.69, 9.17) is 9.29 Å². The first-order valence-corrected chi connectivity index (χ1v) is 11.2. The van der Waals surface area contributed by atoms with Crippen LogP contribution in [-0.2, 0) is 16.5 Å². The molecule has 0 fully saturated rings. The van der Waals surface area contributed by atoms with Crippen LogP contribution in [0.4, 0.5) is 0 Å². The summed E-state index contributed by atoms with van der Waals surface area (Å²) < 4.78 is 35.7. The molecule has 1 N–H and O–H groups in total. The van der Waals surface area contributed by atoms with Crippen molar-refractivity contribution in [3.8, 4) is 5.75 Å². The molecule has 0 aliphatic rings. The first kappa shape index (κ1) is 21.5. The van der Waals surface area contributed by atoms with Gasteiger partial charge in [0.15, 0.2) is 0 Å². The van der Waals surface area contributed by atoms with E-state index in [9.17, 15) is 8.42 Å². The molecule has 27 heavy (non-hydrogen) atoms. The summed E-state index contributed by atoms with van der Waals surface area (Å²) in [5, 5.41) is 0. The summed E-state index contributed by atoms with van der Waals surface area (Å²) in [4.78, 5) is 0. The molecule has 0 heterocycles. The second-order valence-electron chi connectivity index (χ2n) is 7.34. The van der Waals surface area contributed by atoms with Crippen molar-refractivity contribution in [1.29, 1.82) is 0 Å². The molecule has 0 radical (unpaired) electrons. The van der Waals surface area contributed by atoms with Gasteiger partial charge in [-0.15, -0.1) is 0 Å². The van der Waals surface area contributed by atoms with E-state index in [1.807, 2.05) is 12.1 Å². The van der Waals surface area contributed by atoms with Gasteiger partial charge in [0, 0.05) is 0 Å². The fourth-order valence-electron chi connectivity index (χ4n) is 3.31. The van der Waals surface area contributed by atoms with Gasteiger partial charge in [0.25, 0.3) is 10.1 Å². The monoisotopic (exact) mass is 390 g/mol. The molecule has 2 atom stereocenters. The summed E-state index contributed by atoms with van der Waals surface area (Å²) in [6, 6.07) is 18.7. The molecular formula is C22H30O4S. The largest absolute Gasteiger partial charge is 0.494 e. The van der Waals surface area contributed by atoms with Gasteiger partial charge >= 0.3 is 0 Å². The van der Waals surface area contributed by atoms with Crippen LogP contribution in [0.15, 0.2) is 54.6 Å². The molecule has 2 rings (SSSR count). The highest BCUT2D eigenvalue weighted by molar-refractivity contribution is 7.85. The van der Waals surface area contributed by atoms with E-state index in [2.05, 4.69) is 56.3 Å². The average Bonchev–Trinajstić information content (AvgIpc) is 2.61. The van der Waals surface area contributed by atoms with E-state index < -0.39 is 10.1 Å². The first-order valence-electron chi connectivity index (χ1n) is 9.55. The number of rotatable bonds is 11. The van der Waals surface area contributed by atoms with Gasteiger partial charge < -0.3 is 4.74 Å². The second kappa shape index (κ2) is 10.5. The van der Waals surface area contributed by atoms with Crippen LogP contribution < -0.4 is 4.74 Å². The molecule has 0 aliphatic heterocycles. The lowest BCUT2D eigenvalue weighted by Crippen LogP contribution is -2.06. The quantitative estimate of drug-likeness (QED) is 0.428. The summed E-state index contributed by atoms with van der Waals surface area (Å²) in [6.45, 7) is 5.00. The van der Waals surface area contributed by atoms with Crippen LogP contribution in [0.2, 0.25) is 0 Å². The van der Waals surface area contributed by atoms with E-state index in [0.717, 1.165) is 18.6 Å². The Kier molecular flexibility index (Phi) is 8.32. The van der Waals surface area contributed by atoms with Crippen LogP contribution >= 0.6 is 0 Å². The Labute approximate surface area is 163 Å². The SMILES string of the molecule is CC(Cc1ccccc1)CC(C)c1ccc(OCCCCS(=O)(=O)O)cc1. The van der Waals surface area contributed by atoms with Crippen molar-refractivity contribution >= 4 is 10.1 Å². The van der Waals surface area contributed by atoms with Crippen molar-refractivity contribution in [1.82, 2.24) is 0 Å². The zero-order valence-corrected chi connectivity index (χ0v) is 17.0. The lowest BCUT2D eigenvalue weighted by molar-refractivity contribution is 0.309. The third-order valence-electron chi connectivity index (χ3n) is 4.70. The Morgan fingerprint density at radius 2 is 1.63 bits per heavy atom. The van der Waals surface area contributed by atoms with E-state index in [1.165, 1.54) is 11.1 Å². The highest BCUT2D eigenvalue weighted by Gasteiger charge is 2.12. The summed E-state index contributed by atoms with van der Waals surface area (Å²) >= 11 is 0. The van der Waals surface area contributed by atoms with Crippen molar-refractivity contribution in [3.63, 3.8) is 0 Å². The molecule has 0 bridgehead atoms. The molecule has 2 unspecified atom stereocenters. The lowest BCUT2D eigenvalue weighted by Gasteiger charge is -2.18. The molecule has 0 saturated heterocycles. The second-order valence-corrected chi connectivity index (χ2v) is 8.91. The molecule has 0 spiro atoms. The molecule has 0 aliphatic carbocycles.